The molecule has 3 heteroatoms. The zero-order valence-corrected chi connectivity index (χ0v) is 18.1. The van der Waals surface area contributed by atoms with Gasteiger partial charge in [0.25, 0.3) is 0 Å². The zero-order valence-electron chi connectivity index (χ0n) is 18.1. The van der Waals surface area contributed by atoms with E-state index in [4.69, 9.17) is 10.7 Å². The van der Waals surface area contributed by atoms with Crippen molar-refractivity contribution < 1.29 is 0 Å². The summed E-state index contributed by atoms with van der Waals surface area (Å²) in [6, 6.07) is 42.0. The summed E-state index contributed by atoms with van der Waals surface area (Å²) in [5.41, 5.74) is 11.3. The highest BCUT2D eigenvalue weighted by atomic mass is 15.1. The van der Waals surface area contributed by atoms with Crippen LogP contribution in [0.4, 0.5) is 0 Å². The topological polar surface area (TPSA) is 50.4 Å². The Hall–Kier alpha value is -3.85. The van der Waals surface area contributed by atoms with E-state index < -0.39 is 0 Å². The second-order valence-electron chi connectivity index (χ2n) is 7.85. The summed E-state index contributed by atoms with van der Waals surface area (Å²) < 4.78 is 0. The summed E-state index contributed by atoms with van der Waals surface area (Å²) in [4.78, 5) is 4.72. The van der Waals surface area contributed by atoms with Crippen molar-refractivity contribution >= 4 is 5.96 Å². The van der Waals surface area contributed by atoms with Gasteiger partial charge in [0.1, 0.15) is 0 Å². The van der Waals surface area contributed by atoms with Crippen LogP contribution in [-0.4, -0.2) is 19.0 Å². The highest BCUT2D eigenvalue weighted by Crippen LogP contribution is 2.25. The zero-order chi connectivity index (χ0) is 22.0. The van der Waals surface area contributed by atoms with E-state index in [0.29, 0.717) is 19.0 Å². The fourth-order valence-corrected chi connectivity index (χ4v) is 4.02. The molecule has 4 rings (SSSR count). The van der Waals surface area contributed by atoms with Crippen molar-refractivity contribution in [2.24, 2.45) is 10.7 Å². The van der Waals surface area contributed by atoms with Crippen LogP contribution in [0.15, 0.2) is 126 Å². The number of nitrogens with zero attached hydrogens (tertiary/aromatic N) is 1. The normalized spacial score (nSPS) is 11.6. The summed E-state index contributed by atoms with van der Waals surface area (Å²) >= 11 is 0. The molecule has 3 N–H and O–H groups in total. The van der Waals surface area contributed by atoms with Gasteiger partial charge in [-0.2, -0.15) is 0 Å². The molecule has 0 spiro atoms. The molecule has 0 amide bonds. The third-order valence-electron chi connectivity index (χ3n) is 5.74. The Morgan fingerprint density at radius 3 is 1.28 bits per heavy atom. The maximum atomic E-state index is 6.32. The van der Waals surface area contributed by atoms with E-state index in [-0.39, 0.29) is 11.8 Å². The van der Waals surface area contributed by atoms with Crippen molar-refractivity contribution in [3.8, 4) is 0 Å². The Labute approximate surface area is 190 Å². The van der Waals surface area contributed by atoms with Crippen LogP contribution in [0, 0.1) is 0 Å². The van der Waals surface area contributed by atoms with Crippen molar-refractivity contribution in [3.05, 3.63) is 144 Å². The predicted molar refractivity (Wildman–Crippen MR) is 134 cm³/mol. The van der Waals surface area contributed by atoms with Crippen LogP contribution in [0.5, 0.6) is 0 Å². The van der Waals surface area contributed by atoms with Gasteiger partial charge < -0.3 is 11.1 Å². The van der Waals surface area contributed by atoms with E-state index in [1.807, 2.05) is 24.3 Å². The molecule has 3 nitrogen and oxygen atoms in total. The molecule has 0 unspecified atom stereocenters. The van der Waals surface area contributed by atoms with Crippen LogP contribution >= 0.6 is 0 Å². The number of nitrogens with two attached hydrogens (primary N) is 1. The monoisotopic (exact) mass is 419 g/mol. The molecule has 0 aliphatic heterocycles. The smallest absolute Gasteiger partial charge is 0.188 e. The summed E-state index contributed by atoms with van der Waals surface area (Å²) in [7, 11) is 0. The van der Waals surface area contributed by atoms with Gasteiger partial charge in [-0.25, -0.2) is 0 Å². The van der Waals surface area contributed by atoms with Crippen LogP contribution < -0.4 is 11.1 Å². The molecule has 0 aromatic heterocycles. The van der Waals surface area contributed by atoms with E-state index in [1.54, 1.807) is 0 Å². The molecule has 160 valence electrons. The minimum Gasteiger partial charge on any atom is -0.370 e. The molecule has 0 fully saturated rings. The van der Waals surface area contributed by atoms with Crippen molar-refractivity contribution in [2.45, 2.75) is 11.8 Å². The van der Waals surface area contributed by atoms with E-state index in [2.05, 4.69) is 102 Å². The molecule has 0 aliphatic rings. The van der Waals surface area contributed by atoms with E-state index in [1.165, 1.54) is 22.3 Å². The fraction of sp³-hybridized carbons (Fsp3) is 0.138. The Kier molecular flexibility index (Phi) is 7.33. The van der Waals surface area contributed by atoms with E-state index >= 15 is 0 Å². The molecule has 32 heavy (non-hydrogen) atoms. The molecule has 0 saturated heterocycles. The first-order chi connectivity index (χ1) is 15.8. The molecule has 0 atom stereocenters. The molecule has 0 aliphatic carbocycles. The van der Waals surface area contributed by atoms with Crippen LogP contribution in [-0.2, 0) is 0 Å². The van der Waals surface area contributed by atoms with Crippen molar-refractivity contribution in [1.82, 2.24) is 5.32 Å². The van der Waals surface area contributed by atoms with Gasteiger partial charge in [-0.3, -0.25) is 4.99 Å². The quantitative estimate of drug-likeness (QED) is 0.290. The van der Waals surface area contributed by atoms with Gasteiger partial charge in [0.2, 0.25) is 0 Å². The first kappa shape index (κ1) is 21.4. The van der Waals surface area contributed by atoms with Gasteiger partial charge >= 0.3 is 0 Å². The molecule has 0 heterocycles. The number of hydrogen-bond donors (Lipinski definition) is 2. The number of guanidine groups is 1. The van der Waals surface area contributed by atoms with Gasteiger partial charge in [-0.05, 0) is 22.3 Å². The Balaban J connectivity index is 1.49. The Bertz CT molecular complexity index is 1020. The minimum atomic E-state index is 0.164. The number of nitrogens with one attached hydrogen (secondary N) is 1. The summed E-state index contributed by atoms with van der Waals surface area (Å²) in [5, 5.41) is 3.37. The molecule has 0 saturated carbocycles. The SMILES string of the molecule is NC(=NCC(c1ccccc1)c1ccccc1)NCC(c1ccccc1)c1ccccc1. The molecule has 4 aromatic carbocycles. The second kappa shape index (κ2) is 11.0. The van der Waals surface area contributed by atoms with Gasteiger partial charge in [0.05, 0.1) is 6.54 Å². The maximum absolute atomic E-state index is 6.32. The van der Waals surface area contributed by atoms with Crippen LogP contribution in [0.2, 0.25) is 0 Å². The lowest BCUT2D eigenvalue weighted by atomic mass is 9.91. The summed E-state index contributed by atoms with van der Waals surface area (Å²) in [5.74, 6) is 0.834. The molecule has 4 aromatic rings. The Morgan fingerprint density at radius 2 is 0.906 bits per heavy atom. The standard InChI is InChI=1S/C29H29N3/c30-29(31-21-27(23-13-5-1-6-14-23)24-15-7-2-8-16-24)32-22-28(25-17-9-3-10-18-25)26-19-11-4-12-20-26/h1-20,27-28H,21-22H2,(H3,30,31,32). The van der Waals surface area contributed by atoms with Crippen molar-refractivity contribution in [3.63, 3.8) is 0 Å². The molecular weight excluding hydrogens is 390 g/mol. The third kappa shape index (κ3) is 5.64. The van der Waals surface area contributed by atoms with Gasteiger partial charge in [0, 0.05) is 18.4 Å². The fourth-order valence-electron chi connectivity index (χ4n) is 4.02. The number of rotatable bonds is 8. The lowest BCUT2D eigenvalue weighted by Gasteiger charge is -2.20. The number of benzene rings is 4. The second-order valence-corrected chi connectivity index (χ2v) is 7.85. The highest BCUT2D eigenvalue weighted by molar-refractivity contribution is 5.78. The highest BCUT2D eigenvalue weighted by Gasteiger charge is 2.15. The number of hydrogen-bond acceptors (Lipinski definition) is 1. The third-order valence-corrected chi connectivity index (χ3v) is 5.74. The predicted octanol–water partition coefficient (Wildman–Crippen LogP) is 5.55. The molecule has 0 radical (unpaired) electrons. The lowest BCUT2D eigenvalue weighted by molar-refractivity contribution is 0.742. The molecule has 0 bridgehead atoms. The summed E-state index contributed by atoms with van der Waals surface area (Å²) in [6.07, 6.45) is 0. The van der Waals surface area contributed by atoms with Gasteiger partial charge in [-0.1, -0.05) is 121 Å². The average molecular weight is 420 g/mol. The van der Waals surface area contributed by atoms with Crippen LogP contribution in [0.25, 0.3) is 0 Å². The van der Waals surface area contributed by atoms with Crippen molar-refractivity contribution in [2.75, 3.05) is 13.1 Å². The summed E-state index contributed by atoms with van der Waals surface area (Å²) in [6.45, 7) is 1.28. The van der Waals surface area contributed by atoms with E-state index in [0.717, 1.165) is 0 Å². The van der Waals surface area contributed by atoms with E-state index in [9.17, 15) is 0 Å². The maximum Gasteiger partial charge on any atom is 0.188 e. The minimum absolute atomic E-state index is 0.164. The average Bonchev–Trinajstić information content (AvgIpc) is 2.87. The van der Waals surface area contributed by atoms with Gasteiger partial charge in [-0.15, -0.1) is 0 Å². The lowest BCUT2D eigenvalue weighted by Crippen LogP contribution is -2.35. The van der Waals surface area contributed by atoms with Gasteiger partial charge in [0.15, 0.2) is 5.96 Å². The Morgan fingerprint density at radius 1 is 0.562 bits per heavy atom. The largest absolute Gasteiger partial charge is 0.370 e. The van der Waals surface area contributed by atoms with Crippen molar-refractivity contribution in [1.29, 1.82) is 0 Å². The molecular formula is C29H29N3. The number of aliphatic imine (C=N–C) groups is 1. The van der Waals surface area contributed by atoms with Crippen LogP contribution in [0.1, 0.15) is 34.1 Å². The first-order valence-corrected chi connectivity index (χ1v) is 11.0. The first-order valence-electron chi connectivity index (χ1n) is 11.0. The van der Waals surface area contributed by atoms with Crippen LogP contribution in [0.3, 0.4) is 0 Å².